The summed E-state index contributed by atoms with van der Waals surface area (Å²) in [5, 5.41) is 0. The van der Waals surface area contributed by atoms with Crippen molar-refractivity contribution in [2.75, 3.05) is 20.3 Å². The molecule has 1 aliphatic heterocycles. The maximum absolute atomic E-state index is 12.0. The van der Waals surface area contributed by atoms with E-state index in [9.17, 15) is 4.79 Å². The Morgan fingerprint density at radius 1 is 1.61 bits per heavy atom. The van der Waals surface area contributed by atoms with Crippen molar-refractivity contribution in [3.63, 3.8) is 0 Å². The highest BCUT2D eigenvalue weighted by molar-refractivity contribution is 5.80. The van der Waals surface area contributed by atoms with Gasteiger partial charge in [0.15, 0.2) is 0 Å². The van der Waals surface area contributed by atoms with Crippen LogP contribution in [-0.4, -0.2) is 42.1 Å². The average molecular weight is 249 g/mol. The Kier molecular flexibility index (Phi) is 3.93. The van der Waals surface area contributed by atoms with E-state index in [0.717, 1.165) is 11.1 Å². The minimum absolute atomic E-state index is 0.0821. The molecule has 5 heteroatoms. The molecule has 1 fully saturated rings. The largest absolute Gasteiger partial charge is 0.383 e. The van der Waals surface area contributed by atoms with Crippen LogP contribution in [0.1, 0.15) is 23.6 Å². The lowest BCUT2D eigenvalue weighted by Gasteiger charge is -2.27. The number of hydrogen-bond donors (Lipinski definition) is 1. The number of hydrogen-bond acceptors (Lipinski definition) is 4. The van der Waals surface area contributed by atoms with Crippen molar-refractivity contribution in [3.8, 4) is 0 Å². The van der Waals surface area contributed by atoms with E-state index in [-0.39, 0.29) is 18.0 Å². The van der Waals surface area contributed by atoms with Gasteiger partial charge in [-0.2, -0.15) is 0 Å². The van der Waals surface area contributed by atoms with E-state index in [1.54, 1.807) is 24.4 Å². The number of pyridine rings is 1. The molecule has 0 spiro atoms. The molecule has 0 radical (unpaired) electrons. The summed E-state index contributed by atoms with van der Waals surface area (Å²) in [4.78, 5) is 17.9. The van der Waals surface area contributed by atoms with Gasteiger partial charge >= 0.3 is 0 Å². The van der Waals surface area contributed by atoms with Gasteiger partial charge in [-0.3, -0.25) is 9.78 Å². The van der Waals surface area contributed by atoms with Gasteiger partial charge in [0.05, 0.1) is 12.6 Å². The van der Waals surface area contributed by atoms with Crippen LogP contribution in [-0.2, 0) is 9.53 Å². The van der Waals surface area contributed by atoms with Crippen molar-refractivity contribution in [2.24, 2.45) is 5.73 Å². The predicted octanol–water partition coefficient (Wildman–Crippen LogP) is 0.637. The molecule has 1 aromatic heterocycles. The number of rotatable bonds is 4. The predicted molar refractivity (Wildman–Crippen MR) is 67.9 cm³/mol. The summed E-state index contributed by atoms with van der Waals surface area (Å²) in [6.07, 6.45) is 3.95. The third kappa shape index (κ3) is 2.37. The van der Waals surface area contributed by atoms with Crippen molar-refractivity contribution in [2.45, 2.75) is 25.4 Å². The fraction of sp³-hybridized carbons (Fsp3) is 0.538. The Bertz CT molecular complexity index is 436. The second-order valence-electron chi connectivity index (χ2n) is 4.63. The molecule has 0 saturated carbocycles. The minimum atomic E-state index is -0.169. The van der Waals surface area contributed by atoms with E-state index in [0.29, 0.717) is 19.6 Å². The van der Waals surface area contributed by atoms with Gasteiger partial charge in [0.2, 0.25) is 5.91 Å². The van der Waals surface area contributed by atoms with E-state index in [2.05, 4.69) is 4.98 Å². The summed E-state index contributed by atoms with van der Waals surface area (Å²) in [6.45, 7) is 3.11. The van der Waals surface area contributed by atoms with Gasteiger partial charge in [-0.25, -0.2) is 0 Å². The van der Waals surface area contributed by atoms with Crippen LogP contribution in [0.5, 0.6) is 0 Å². The normalized spacial score (nSPS) is 23.7. The summed E-state index contributed by atoms with van der Waals surface area (Å²) < 4.78 is 5.05. The number of methoxy groups -OCH3 is 1. The second-order valence-corrected chi connectivity index (χ2v) is 4.63. The Labute approximate surface area is 107 Å². The molecular formula is C13H19N3O2. The topological polar surface area (TPSA) is 68.5 Å². The quantitative estimate of drug-likeness (QED) is 0.850. The third-order valence-electron chi connectivity index (χ3n) is 3.41. The SMILES string of the molecule is COCCN1C(=O)CC(N)C1c1cnccc1C. The summed E-state index contributed by atoms with van der Waals surface area (Å²) >= 11 is 0. The van der Waals surface area contributed by atoms with E-state index in [4.69, 9.17) is 10.5 Å². The number of aryl methyl sites for hydroxylation is 1. The molecule has 1 aliphatic rings. The lowest BCUT2D eigenvalue weighted by molar-refractivity contribution is -0.129. The van der Waals surface area contributed by atoms with Crippen LogP contribution >= 0.6 is 0 Å². The van der Waals surface area contributed by atoms with E-state index >= 15 is 0 Å². The van der Waals surface area contributed by atoms with E-state index in [1.807, 2.05) is 13.0 Å². The molecule has 0 aromatic carbocycles. The number of nitrogens with zero attached hydrogens (tertiary/aromatic N) is 2. The molecule has 18 heavy (non-hydrogen) atoms. The van der Waals surface area contributed by atoms with Crippen LogP contribution in [0.25, 0.3) is 0 Å². The summed E-state index contributed by atoms with van der Waals surface area (Å²) in [5.41, 5.74) is 8.25. The molecule has 2 N–H and O–H groups in total. The molecule has 98 valence electrons. The Morgan fingerprint density at radius 2 is 2.39 bits per heavy atom. The van der Waals surface area contributed by atoms with Gasteiger partial charge in [-0.05, 0) is 24.1 Å². The zero-order chi connectivity index (χ0) is 13.1. The monoisotopic (exact) mass is 249 g/mol. The van der Waals surface area contributed by atoms with Crippen molar-refractivity contribution >= 4 is 5.91 Å². The van der Waals surface area contributed by atoms with Crippen LogP contribution in [0.15, 0.2) is 18.5 Å². The molecular weight excluding hydrogens is 230 g/mol. The number of aromatic nitrogens is 1. The first-order chi connectivity index (χ1) is 8.65. The Hall–Kier alpha value is -1.46. The Morgan fingerprint density at radius 3 is 3.06 bits per heavy atom. The fourth-order valence-corrected chi connectivity index (χ4v) is 2.45. The molecule has 1 saturated heterocycles. The highest BCUT2D eigenvalue weighted by atomic mass is 16.5. The number of likely N-dealkylation sites (tertiary alicyclic amines) is 1. The molecule has 1 amide bonds. The molecule has 5 nitrogen and oxygen atoms in total. The van der Waals surface area contributed by atoms with Crippen molar-refractivity contribution in [3.05, 3.63) is 29.6 Å². The number of nitrogens with two attached hydrogens (primary N) is 1. The zero-order valence-corrected chi connectivity index (χ0v) is 10.8. The fourth-order valence-electron chi connectivity index (χ4n) is 2.45. The Balaban J connectivity index is 2.28. The van der Waals surface area contributed by atoms with Crippen LogP contribution in [0, 0.1) is 6.92 Å². The number of ether oxygens (including phenoxy) is 1. The summed E-state index contributed by atoms with van der Waals surface area (Å²) in [5.74, 6) is 0.0906. The highest BCUT2D eigenvalue weighted by Gasteiger charge is 2.38. The van der Waals surface area contributed by atoms with Gasteiger partial charge in [0.25, 0.3) is 0 Å². The van der Waals surface area contributed by atoms with Crippen LogP contribution in [0.4, 0.5) is 0 Å². The lowest BCUT2D eigenvalue weighted by atomic mass is 9.98. The van der Waals surface area contributed by atoms with Gasteiger partial charge in [-0.15, -0.1) is 0 Å². The number of carbonyl (C=O) groups excluding carboxylic acids is 1. The standard InChI is InChI=1S/C13H19N3O2/c1-9-3-4-15-8-10(9)13-11(14)7-12(17)16(13)5-6-18-2/h3-4,8,11,13H,5-7,14H2,1-2H3. The average Bonchev–Trinajstić information content (AvgIpc) is 2.62. The van der Waals surface area contributed by atoms with E-state index < -0.39 is 0 Å². The minimum Gasteiger partial charge on any atom is -0.383 e. The second kappa shape index (κ2) is 5.46. The van der Waals surface area contributed by atoms with E-state index in [1.165, 1.54) is 0 Å². The first-order valence-electron chi connectivity index (χ1n) is 6.09. The van der Waals surface area contributed by atoms with Crippen molar-refractivity contribution in [1.29, 1.82) is 0 Å². The maximum Gasteiger partial charge on any atom is 0.224 e. The van der Waals surface area contributed by atoms with Crippen molar-refractivity contribution in [1.82, 2.24) is 9.88 Å². The van der Waals surface area contributed by atoms with Crippen LogP contribution < -0.4 is 5.73 Å². The molecule has 0 aliphatic carbocycles. The maximum atomic E-state index is 12.0. The zero-order valence-electron chi connectivity index (χ0n) is 10.8. The smallest absolute Gasteiger partial charge is 0.224 e. The van der Waals surface area contributed by atoms with Crippen LogP contribution in [0.2, 0.25) is 0 Å². The first kappa shape index (κ1) is 13.0. The van der Waals surface area contributed by atoms with Gasteiger partial charge < -0.3 is 15.4 Å². The summed E-state index contributed by atoms with van der Waals surface area (Å²) in [6, 6.07) is 1.69. The van der Waals surface area contributed by atoms with Crippen molar-refractivity contribution < 1.29 is 9.53 Å². The van der Waals surface area contributed by atoms with Crippen LogP contribution in [0.3, 0.4) is 0 Å². The summed E-state index contributed by atoms with van der Waals surface area (Å²) in [7, 11) is 1.63. The molecule has 2 atom stereocenters. The molecule has 2 unspecified atom stereocenters. The molecule has 1 aromatic rings. The first-order valence-corrected chi connectivity index (χ1v) is 6.09. The highest BCUT2D eigenvalue weighted by Crippen LogP contribution is 2.32. The molecule has 2 heterocycles. The number of amides is 1. The molecule has 0 bridgehead atoms. The lowest BCUT2D eigenvalue weighted by Crippen LogP contribution is -2.35. The van der Waals surface area contributed by atoms with Gasteiger partial charge in [0.1, 0.15) is 0 Å². The van der Waals surface area contributed by atoms with Gasteiger partial charge in [-0.1, -0.05) is 0 Å². The number of carbonyl (C=O) groups is 1. The van der Waals surface area contributed by atoms with Gasteiger partial charge in [0, 0.05) is 38.5 Å². The molecule has 2 rings (SSSR count). The third-order valence-corrected chi connectivity index (χ3v) is 3.41.